The Balaban J connectivity index is 2.66. The van der Waals surface area contributed by atoms with Gasteiger partial charge in [-0.25, -0.2) is 4.79 Å². The van der Waals surface area contributed by atoms with E-state index in [-0.39, 0.29) is 12.1 Å². The van der Waals surface area contributed by atoms with Crippen LogP contribution in [0.15, 0.2) is 24.3 Å². The lowest BCUT2D eigenvalue weighted by atomic mass is 10.1. The molecule has 0 radical (unpaired) electrons. The molecular weight excluding hydrogens is 212 g/mol. The first-order valence-electron chi connectivity index (χ1n) is 5.67. The minimum atomic E-state index is -0.228. The Labute approximate surface area is 103 Å². The standard InChI is InChI=1S/C14H18N2O/c1-5-12-8-6-7-9-13(12)16-14(17)15-11(4)10(2)3/h1,6-11H,2-4H3,(H2,15,16,17). The Hall–Kier alpha value is -1.95. The first kappa shape index (κ1) is 13.1. The van der Waals surface area contributed by atoms with E-state index in [4.69, 9.17) is 6.42 Å². The molecule has 0 aliphatic carbocycles. The molecule has 0 aliphatic rings. The Bertz CT molecular complexity index is 432. The molecule has 1 unspecified atom stereocenters. The van der Waals surface area contributed by atoms with Gasteiger partial charge in [-0.15, -0.1) is 6.42 Å². The molecule has 0 saturated heterocycles. The number of terminal acetylenes is 1. The van der Waals surface area contributed by atoms with Crippen molar-refractivity contribution in [1.82, 2.24) is 5.32 Å². The third-order valence-corrected chi connectivity index (χ3v) is 2.69. The zero-order chi connectivity index (χ0) is 12.8. The largest absolute Gasteiger partial charge is 0.335 e. The number of hydrogen-bond donors (Lipinski definition) is 2. The second kappa shape index (κ2) is 5.95. The van der Waals surface area contributed by atoms with Crippen molar-refractivity contribution >= 4 is 11.7 Å². The van der Waals surface area contributed by atoms with Gasteiger partial charge in [-0.2, -0.15) is 0 Å². The number of urea groups is 1. The SMILES string of the molecule is C#Cc1ccccc1NC(=O)NC(C)C(C)C. The summed E-state index contributed by atoms with van der Waals surface area (Å²) in [5, 5.41) is 5.62. The summed E-state index contributed by atoms with van der Waals surface area (Å²) >= 11 is 0. The summed E-state index contributed by atoms with van der Waals surface area (Å²) in [5.41, 5.74) is 1.34. The number of nitrogens with one attached hydrogen (secondary N) is 2. The molecule has 3 nitrogen and oxygen atoms in total. The molecule has 1 rings (SSSR count). The van der Waals surface area contributed by atoms with Crippen LogP contribution in [0.3, 0.4) is 0 Å². The van der Waals surface area contributed by atoms with Gasteiger partial charge >= 0.3 is 6.03 Å². The van der Waals surface area contributed by atoms with Gasteiger partial charge in [-0.1, -0.05) is 31.9 Å². The molecule has 0 aliphatic heterocycles. The normalized spacial score (nSPS) is 11.7. The van der Waals surface area contributed by atoms with Crippen LogP contribution in [0.2, 0.25) is 0 Å². The van der Waals surface area contributed by atoms with E-state index in [1.54, 1.807) is 12.1 Å². The summed E-state index contributed by atoms with van der Waals surface area (Å²) in [6, 6.07) is 7.15. The molecule has 1 aromatic rings. The maximum Gasteiger partial charge on any atom is 0.319 e. The molecule has 0 fully saturated rings. The predicted octanol–water partition coefficient (Wildman–Crippen LogP) is 2.83. The number of carbonyl (C=O) groups is 1. The molecule has 0 saturated carbocycles. The molecule has 1 aromatic carbocycles. The molecule has 0 aromatic heterocycles. The van der Waals surface area contributed by atoms with Gasteiger partial charge in [0, 0.05) is 11.6 Å². The van der Waals surface area contributed by atoms with Crippen LogP contribution in [0.5, 0.6) is 0 Å². The molecule has 3 heteroatoms. The third kappa shape index (κ3) is 3.84. The average molecular weight is 230 g/mol. The van der Waals surface area contributed by atoms with Crippen LogP contribution in [-0.2, 0) is 0 Å². The Morgan fingerprint density at radius 2 is 1.94 bits per heavy atom. The Morgan fingerprint density at radius 3 is 2.53 bits per heavy atom. The fraction of sp³-hybridized carbons (Fsp3) is 0.357. The van der Waals surface area contributed by atoms with E-state index in [1.165, 1.54) is 0 Å². The van der Waals surface area contributed by atoms with E-state index in [0.717, 1.165) is 0 Å². The molecule has 0 bridgehead atoms. The molecule has 90 valence electrons. The van der Waals surface area contributed by atoms with Crippen LogP contribution < -0.4 is 10.6 Å². The second-order valence-corrected chi connectivity index (χ2v) is 4.32. The molecule has 0 heterocycles. The number of carbonyl (C=O) groups excluding carboxylic acids is 1. The van der Waals surface area contributed by atoms with Crippen molar-refractivity contribution in [2.45, 2.75) is 26.8 Å². The highest BCUT2D eigenvalue weighted by molar-refractivity contribution is 5.90. The van der Waals surface area contributed by atoms with Crippen molar-refractivity contribution in [3.63, 3.8) is 0 Å². The fourth-order valence-electron chi connectivity index (χ4n) is 1.25. The highest BCUT2D eigenvalue weighted by atomic mass is 16.2. The lowest BCUT2D eigenvalue weighted by Gasteiger charge is -2.18. The van der Waals surface area contributed by atoms with E-state index >= 15 is 0 Å². The highest BCUT2D eigenvalue weighted by Gasteiger charge is 2.11. The number of rotatable bonds is 3. The highest BCUT2D eigenvalue weighted by Crippen LogP contribution is 2.13. The summed E-state index contributed by atoms with van der Waals surface area (Å²) < 4.78 is 0. The van der Waals surface area contributed by atoms with Crippen LogP contribution in [0.4, 0.5) is 10.5 Å². The van der Waals surface area contributed by atoms with Crippen LogP contribution in [0.25, 0.3) is 0 Å². The van der Waals surface area contributed by atoms with Crippen molar-refractivity contribution in [3.05, 3.63) is 29.8 Å². The van der Waals surface area contributed by atoms with Gasteiger partial charge in [0.25, 0.3) is 0 Å². The predicted molar refractivity (Wildman–Crippen MR) is 70.8 cm³/mol. The van der Waals surface area contributed by atoms with Crippen molar-refractivity contribution in [2.75, 3.05) is 5.32 Å². The summed E-state index contributed by atoms with van der Waals surface area (Å²) in [6.07, 6.45) is 5.35. The molecular formula is C14H18N2O. The first-order chi connectivity index (χ1) is 8.04. The Morgan fingerprint density at radius 1 is 1.29 bits per heavy atom. The van der Waals surface area contributed by atoms with E-state index in [2.05, 4.69) is 30.4 Å². The van der Waals surface area contributed by atoms with Gasteiger partial charge in [0.05, 0.1) is 5.69 Å². The van der Waals surface area contributed by atoms with E-state index in [9.17, 15) is 4.79 Å². The minimum absolute atomic E-state index is 0.119. The number of benzene rings is 1. The quantitative estimate of drug-likeness (QED) is 0.770. The molecule has 2 amide bonds. The Kier molecular flexibility index (Phi) is 4.59. The van der Waals surface area contributed by atoms with E-state index in [1.807, 2.05) is 19.1 Å². The van der Waals surface area contributed by atoms with Gasteiger partial charge < -0.3 is 10.6 Å². The minimum Gasteiger partial charge on any atom is -0.335 e. The topological polar surface area (TPSA) is 41.1 Å². The number of amides is 2. The van der Waals surface area contributed by atoms with Gasteiger partial charge in [0.1, 0.15) is 0 Å². The number of para-hydroxylation sites is 1. The van der Waals surface area contributed by atoms with Gasteiger partial charge in [-0.05, 0) is 25.0 Å². The van der Waals surface area contributed by atoms with Crippen LogP contribution in [0, 0.1) is 18.3 Å². The zero-order valence-corrected chi connectivity index (χ0v) is 10.4. The summed E-state index contributed by atoms with van der Waals surface area (Å²) in [6.45, 7) is 6.08. The summed E-state index contributed by atoms with van der Waals surface area (Å²) in [7, 11) is 0. The summed E-state index contributed by atoms with van der Waals surface area (Å²) in [4.78, 5) is 11.7. The van der Waals surface area contributed by atoms with E-state index < -0.39 is 0 Å². The van der Waals surface area contributed by atoms with E-state index in [0.29, 0.717) is 17.2 Å². The van der Waals surface area contributed by atoms with Gasteiger partial charge in [-0.3, -0.25) is 0 Å². The van der Waals surface area contributed by atoms with Crippen molar-refractivity contribution < 1.29 is 4.79 Å². The maximum atomic E-state index is 11.7. The second-order valence-electron chi connectivity index (χ2n) is 4.32. The number of hydrogen-bond acceptors (Lipinski definition) is 1. The smallest absolute Gasteiger partial charge is 0.319 e. The van der Waals surface area contributed by atoms with Gasteiger partial charge in [0.15, 0.2) is 0 Å². The lowest BCUT2D eigenvalue weighted by molar-refractivity contribution is 0.246. The molecule has 2 N–H and O–H groups in total. The van der Waals surface area contributed by atoms with Crippen molar-refractivity contribution in [1.29, 1.82) is 0 Å². The zero-order valence-electron chi connectivity index (χ0n) is 10.4. The first-order valence-corrected chi connectivity index (χ1v) is 5.67. The monoisotopic (exact) mass is 230 g/mol. The molecule has 1 atom stereocenters. The third-order valence-electron chi connectivity index (χ3n) is 2.69. The fourth-order valence-corrected chi connectivity index (χ4v) is 1.25. The van der Waals surface area contributed by atoms with Crippen LogP contribution in [-0.4, -0.2) is 12.1 Å². The van der Waals surface area contributed by atoms with Crippen molar-refractivity contribution in [2.24, 2.45) is 5.92 Å². The van der Waals surface area contributed by atoms with Gasteiger partial charge in [0.2, 0.25) is 0 Å². The van der Waals surface area contributed by atoms with Crippen molar-refractivity contribution in [3.8, 4) is 12.3 Å². The van der Waals surface area contributed by atoms with Crippen LogP contribution >= 0.6 is 0 Å². The maximum absolute atomic E-state index is 11.7. The number of anilines is 1. The summed E-state index contributed by atoms with van der Waals surface area (Å²) in [5.74, 6) is 2.93. The van der Waals surface area contributed by atoms with Crippen LogP contribution in [0.1, 0.15) is 26.3 Å². The molecule has 0 spiro atoms. The average Bonchev–Trinajstić information content (AvgIpc) is 2.29. The molecule has 17 heavy (non-hydrogen) atoms. The lowest BCUT2D eigenvalue weighted by Crippen LogP contribution is -2.39.